The van der Waals surface area contributed by atoms with Crippen LogP contribution in [0, 0.1) is 0 Å². The monoisotopic (exact) mass is 428 g/mol. The maximum atomic E-state index is 12.7. The molecule has 1 aliphatic rings. The van der Waals surface area contributed by atoms with Crippen LogP contribution in [0.4, 0.5) is 0 Å². The van der Waals surface area contributed by atoms with Gasteiger partial charge in [0, 0.05) is 18.5 Å². The molecule has 0 radical (unpaired) electrons. The van der Waals surface area contributed by atoms with Crippen LogP contribution in [0.25, 0.3) is 0 Å². The molecule has 3 rings (SSSR count). The predicted octanol–water partition coefficient (Wildman–Crippen LogP) is 4.50. The van der Waals surface area contributed by atoms with Gasteiger partial charge in [0.05, 0.1) is 4.90 Å². The van der Waals surface area contributed by atoms with Crippen molar-refractivity contribution < 1.29 is 13.2 Å². The van der Waals surface area contributed by atoms with E-state index in [1.165, 1.54) is 25.7 Å². The lowest BCUT2D eigenvalue weighted by atomic mass is 10.1. The van der Waals surface area contributed by atoms with Crippen LogP contribution in [0.2, 0.25) is 0 Å². The summed E-state index contributed by atoms with van der Waals surface area (Å²) >= 11 is 0. The molecular weight excluding hydrogens is 396 g/mol. The first-order valence-corrected chi connectivity index (χ1v) is 12.4. The van der Waals surface area contributed by atoms with Crippen molar-refractivity contribution in [1.29, 1.82) is 0 Å². The normalized spacial score (nSPS) is 16.6. The second kappa shape index (κ2) is 10.7. The minimum Gasteiger partial charge on any atom is -0.353 e. The van der Waals surface area contributed by atoms with Crippen LogP contribution in [-0.4, -0.2) is 20.4 Å². The van der Waals surface area contributed by atoms with E-state index in [2.05, 4.69) is 10.0 Å². The summed E-state index contributed by atoms with van der Waals surface area (Å²) in [4.78, 5) is 12.5. The first-order valence-electron chi connectivity index (χ1n) is 10.9. The number of amides is 1. The number of carbonyl (C=O) groups excluding carboxylic acids is 1. The van der Waals surface area contributed by atoms with Crippen molar-refractivity contribution in [1.82, 2.24) is 10.0 Å². The third-order valence-electron chi connectivity index (χ3n) is 5.73. The van der Waals surface area contributed by atoms with Crippen molar-refractivity contribution in [2.75, 3.05) is 0 Å². The Labute approximate surface area is 180 Å². The summed E-state index contributed by atoms with van der Waals surface area (Å²) in [5.41, 5.74) is 1.87. The Hall–Kier alpha value is -2.18. The molecular formula is C24H32N2O3S. The van der Waals surface area contributed by atoms with Gasteiger partial charge in [-0.1, -0.05) is 68.1 Å². The Morgan fingerprint density at radius 2 is 1.60 bits per heavy atom. The van der Waals surface area contributed by atoms with Crippen LogP contribution in [0.3, 0.4) is 0 Å². The Balaban J connectivity index is 1.51. The van der Waals surface area contributed by atoms with E-state index in [1.54, 1.807) is 24.3 Å². The first-order chi connectivity index (χ1) is 14.4. The molecule has 6 heteroatoms. The molecule has 2 aromatic rings. The Bertz CT molecular complexity index is 903. The van der Waals surface area contributed by atoms with Gasteiger partial charge in [-0.2, -0.15) is 0 Å². The maximum absolute atomic E-state index is 12.7. The van der Waals surface area contributed by atoms with Crippen molar-refractivity contribution >= 4 is 15.9 Å². The summed E-state index contributed by atoms with van der Waals surface area (Å²) in [5, 5.41) is 3.16. The molecule has 0 spiro atoms. The van der Waals surface area contributed by atoms with Gasteiger partial charge in [-0.25, -0.2) is 13.1 Å². The van der Waals surface area contributed by atoms with Gasteiger partial charge in [0.25, 0.3) is 0 Å². The van der Waals surface area contributed by atoms with E-state index in [4.69, 9.17) is 0 Å². The minimum atomic E-state index is -3.61. The fourth-order valence-corrected chi connectivity index (χ4v) is 5.16. The molecule has 1 saturated carbocycles. The number of hydrogen-bond acceptors (Lipinski definition) is 3. The quantitative estimate of drug-likeness (QED) is 0.608. The van der Waals surface area contributed by atoms with Crippen molar-refractivity contribution in [3.63, 3.8) is 0 Å². The number of hydrogen-bond donors (Lipinski definition) is 2. The molecule has 1 fully saturated rings. The summed E-state index contributed by atoms with van der Waals surface area (Å²) in [6, 6.07) is 16.3. The lowest BCUT2D eigenvalue weighted by molar-refractivity contribution is -0.121. The molecule has 5 nitrogen and oxygen atoms in total. The highest BCUT2D eigenvalue weighted by atomic mass is 32.2. The molecule has 1 atom stereocenters. The number of rotatable bonds is 8. The van der Waals surface area contributed by atoms with Gasteiger partial charge >= 0.3 is 0 Å². The maximum Gasteiger partial charge on any atom is 0.241 e. The topological polar surface area (TPSA) is 75.3 Å². The van der Waals surface area contributed by atoms with Crippen LogP contribution in [-0.2, 0) is 21.2 Å². The van der Waals surface area contributed by atoms with Crippen molar-refractivity contribution in [2.45, 2.75) is 75.3 Å². The summed E-state index contributed by atoms with van der Waals surface area (Å²) in [6.45, 7) is 1.83. The van der Waals surface area contributed by atoms with Gasteiger partial charge in [0.2, 0.25) is 15.9 Å². The van der Waals surface area contributed by atoms with E-state index in [1.807, 2.05) is 37.3 Å². The highest BCUT2D eigenvalue weighted by molar-refractivity contribution is 7.89. The van der Waals surface area contributed by atoms with Crippen LogP contribution in [0.1, 0.15) is 69.0 Å². The van der Waals surface area contributed by atoms with Crippen molar-refractivity contribution in [2.24, 2.45) is 0 Å². The largest absolute Gasteiger partial charge is 0.353 e. The summed E-state index contributed by atoms with van der Waals surface area (Å²) in [7, 11) is -3.61. The zero-order chi connectivity index (χ0) is 21.4. The summed E-state index contributed by atoms with van der Waals surface area (Å²) in [5.74, 6) is 0.0805. The number of sulfonamides is 1. The number of aryl methyl sites for hydroxylation is 1. The Morgan fingerprint density at radius 1 is 0.967 bits per heavy atom. The van der Waals surface area contributed by atoms with Gasteiger partial charge in [-0.05, 0) is 49.4 Å². The van der Waals surface area contributed by atoms with E-state index < -0.39 is 10.0 Å². The number of nitrogens with one attached hydrogen (secondary N) is 2. The van der Waals surface area contributed by atoms with E-state index >= 15 is 0 Å². The molecule has 162 valence electrons. The van der Waals surface area contributed by atoms with Gasteiger partial charge < -0.3 is 5.32 Å². The van der Waals surface area contributed by atoms with Crippen LogP contribution < -0.4 is 10.0 Å². The highest BCUT2D eigenvalue weighted by Crippen LogP contribution is 2.19. The number of benzene rings is 2. The second-order valence-corrected chi connectivity index (χ2v) is 9.87. The van der Waals surface area contributed by atoms with Crippen molar-refractivity contribution in [3.8, 4) is 0 Å². The molecule has 0 aromatic heterocycles. The van der Waals surface area contributed by atoms with Gasteiger partial charge in [-0.3, -0.25) is 4.79 Å². The lowest BCUT2D eigenvalue weighted by Gasteiger charge is -2.16. The smallest absolute Gasteiger partial charge is 0.241 e. The molecule has 0 bridgehead atoms. The lowest BCUT2D eigenvalue weighted by Crippen LogP contribution is -2.34. The summed E-state index contributed by atoms with van der Waals surface area (Å²) in [6.07, 6.45) is 8.09. The van der Waals surface area contributed by atoms with E-state index in [-0.39, 0.29) is 16.8 Å². The Morgan fingerprint density at radius 3 is 2.23 bits per heavy atom. The first kappa shape index (κ1) is 22.5. The molecule has 2 aromatic carbocycles. The van der Waals surface area contributed by atoms with E-state index in [9.17, 15) is 13.2 Å². The fraction of sp³-hybridized carbons (Fsp3) is 0.458. The molecule has 2 N–H and O–H groups in total. The molecule has 0 aliphatic heterocycles. The second-order valence-electron chi connectivity index (χ2n) is 8.15. The average Bonchev–Trinajstić information content (AvgIpc) is 3.01. The Kier molecular flexibility index (Phi) is 8.05. The van der Waals surface area contributed by atoms with E-state index in [0.717, 1.165) is 24.0 Å². The fourth-order valence-electron chi connectivity index (χ4n) is 3.93. The average molecular weight is 429 g/mol. The van der Waals surface area contributed by atoms with Gasteiger partial charge in [-0.15, -0.1) is 0 Å². The molecule has 0 unspecified atom stereocenters. The third kappa shape index (κ3) is 6.67. The molecule has 1 aliphatic carbocycles. The molecule has 0 heterocycles. The van der Waals surface area contributed by atoms with Gasteiger partial charge in [0.1, 0.15) is 0 Å². The molecule has 30 heavy (non-hydrogen) atoms. The minimum absolute atomic E-state index is 0.0805. The predicted molar refractivity (Wildman–Crippen MR) is 120 cm³/mol. The molecule has 0 saturated heterocycles. The van der Waals surface area contributed by atoms with Crippen molar-refractivity contribution in [3.05, 3.63) is 65.7 Å². The zero-order valence-corrected chi connectivity index (χ0v) is 18.5. The van der Waals surface area contributed by atoms with Crippen LogP contribution in [0.5, 0.6) is 0 Å². The van der Waals surface area contributed by atoms with E-state index in [0.29, 0.717) is 18.9 Å². The SMILES string of the molecule is C[C@@H](NS(=O)(=O)c1ccc(CCC(=O)NC2CCCCCC2)cc1)c1ccccc1. The zero-order valence-electron chi connectivity index (χ0n) is 17.6. The third-order valence-corrected chi connectivity index (χ3v) is 7.28. The van der Waals surface area contributed by atoms with Crippen LogP contribution in [0.15, 0.2) is 59.5 Å². The number of carbonyl (C=O) groups is 1. The summed E-state index contributed by atoms with van der Waals surface area (Å²) < 4.78 is 28.1. The highest BCUT2D eigenvalue weighted by Gasteiger charge is 2.18. The standard InChI is InChI=1S/C24H32N2O3S/c1-19(21-9-5-4-6-10-21)26-30(28,29)23-16-13-20(14-17-23)15-18-24(27)25-22-11-7-2-3-8-12-22/h4-6,9-10,13-14,16-17,19,22,26H,2-3,7-8,11-12,15,18H2,1H3,(H,25,27)/t19-/m1/s1. The molecule has 1 amide bonds. The van der Waals surface area contributed by atoms with Gasteiger partial charge in [0.15, 0.2) is 0 Å². The van der Waals surface area contributed by atoms with Crippen LogP contribution >= 0.6 is 0 Å².